The average molecular weight is 464 g/mol. The Morgan fingerprint density at radius 3 is 2.21 bits per heavy atom. The summed E-state index contributed by atoms with van der Waals surface area (Å²) < 4.78 is 35.9. The third kappa shape index (κ3) is 3.93. The van der Waals surface area contributed by atoms with Gasteiger partial charge in [0.2, 0.25) is 10.0 Å². The van der Waals surface area contributed by atoms with Gasteiger partial charge in [-0.25, -0.2) is 8.42 Å². The van der Waals surface area contributed by atoms with Crippen molar-refractivity contribution in [3.05, 3.63) is 114 Å². The van der Waals surface area contributed by atoms with Crippen LogP contribution in [0.5, 0.6) is 0 Å². The van der Waals surface area contributed by atoms with Crippen molar-refractivity contribution >= 4 is 10.0 Å². The van der Waals surface area contributed by atoms with E-state index in [1.807, 2.05) is 55.5 Å². The minimum atomic E-state index is -4.06. The Kier molecular flexibility index (Phi) is 6.29. The van der Waals surface area contributed by atoms with Crippen molar-refractivity contribution in [3.63, 3.8) is 0 Å². The predicted molar refractivity (Wildman–Crippen MR) is 129 cm³/mol. The molecule has 1 aliphatic rings. The van der Waals surface area contributed by atoms with Crippen LogP contribution in [0.2, 0.25) is 0 Å². The number of rotatable bonds is 7. The molecule has 0 aromatic heterocycles. The normalized spacial score (nSPS) is 23.2. The summed E-state index contributed by atoms with van der Waals surface area (Å²) in [6, 6.07) is 24.6. The van der Waals surface area contributed by atoms with Crippen LogP contribution >= 0.6 is 0 Å². The quantitative estimate of drug-likeness (QED) is 0.504. The van der Waals surface area contributed by atoms with Crippen molar-refractivity contribution in [2.24, 2.45) is 0 Å². The summed E-state index contributed by atoms with van der Waals surface area (Å²) in [6.07, 6.45) is 1.70. The second kappa shape index (κ2) is 8.88. The Hall–Kier alpha value is -2.77. The molecule has 3 aromatic rings. The van der Waals surface area contributed by atoms with E-state index in [4.69, 9.17) is 4.74 Å². The van der Waals surface area contributed by atoms with Gasteiger partial charge in [-0.05, 0) is 37.1 Å². The van der Waals surface area contributed by atoms with Crippen LogP contribution in [0.25, 0.3) is 0 Å². The fraction of sp³-hybridized carbons (Fsp3) is 0.259. The number of nitrogens with zero attached hydrogens (tertiary/aromatic N) is 1. The molecule has 6 heteroatoms. The van der Waals surface area contributed by atoms with E-state index >= 15 is 0 Å². The summed E-state index contributed by atoms with van der Waals surface area (Å²) in [5, 5.41) is 12.1. The summed E-state index contributed by atoms with van der Waals surface area (Å²) in [4.78, 5) is 0.153. The minimum Gasteiger partial charge on any atom is -0.380 e. The van der Waals surface area contributed by atoms with Gasteiger partial charge in [-0.15, -0.1) is 6.58 Å². The van der Waals surface area contributed by atoms with Gasteiger partial charge in [-0.3, -0.25) is 0 Å². The van der Waals surface area contributed by atoms with Crippen molar-refractivity contribution in [1.82, 2.24) is 4.31 Å². The molecule has 0 unspecified atom stereocenters. The summed E-state index contributed by atoms with van der Waals surface area (Å²) >= 11 is 0. The number of benzene rings is 3. The second-order valence-electron chi connectivity index (χ2n) is 8.55. The summed E-state index contributed by atoms with van der Waals surface area (Å²) in [7, 11) is -4.06. The number of aryl methyl sites for hydroxylation is 1. The van der Waals surface area contributed by atoms with E-state index in [-0.39, 0.29) is 17.9 Å². The van der Waals surface area contributed by atoms with Crippen molar-refractivity contribution in [1.29, 1.82) is 0 Å². The molecule has 1 heterocycles. The van der Waals surface area contributed by atoms with Crippen molar-refractivity contribution in [3.8, 4) is 0 Å². The molecule has 1 aliphatic heterocycles. The molecule has 5 nitrogen and oxygen atoms in total. The highest BCUT2D eigenvalue weighted by Gasteiger charge is 2.62. The van der Waals surface area contributed by atoms with Crippen LogP contribution in [-0.2, 0) is 20.4 Å². The zero-order valence-corrected chi connectivity index (χ0v) is 19.7. The first-order valence-electron chi connectivity index (χ1n) is 10.9. The molecule has 0 radical (unpaired) electrons. The lowest BCUT2D eigenvalue weighted by Crippen LogP contribution is -2.60. The Morgan fingerprint density at radius 1 is 1.06 bits per heavy atom. The molecule has 0 saturated carbocycles. The van der Waals surface area contributed by atoms with E-state index in [0.29, 0.717) is 5.56 Å². The topological polar surface area (TPSA) is 66.8 Å². The first-order valence-corrected chi connectivity index (χ1v) is 12.4. The molecule has 4 rings (SSSR count). The molecule has 1 N–H and O–H groups in total. The second-order valence-corrected chi connectivity index (χ2v) is 10.4. The van der Waals surface area contributed by atoms with Crippen LogP contribution < -0.4 is 0 Å². The summed E-state index contributed by atoms with van der Waals surface area (Å²) in [6.45, 7) is 7.49. The molecule has 33 heavy (non-hydrogen) atoms. The highest BCUT2D eigenvalue weighted by molar-refractivity contribution is 7.89. The number of hydrogen-bond donors (Lipinski definition) is 1. The number of hydrogen-bond acceptors (Lipinski definition) is 4. The van der Waals surface area contributed by atoms with Crippen molar-refractivity contribution < 1.29 is 18.3 Å². The molecular weight excluding hydrogens is 434 g/mol. The van der Waals surface area contributed by atoms with Gasteiger partial charge in [0.15, 0.2) is 5.72 Å². The Balaban J connectivity index is 1.94. The Morgan fingerprint density at radius 2 is 1.64 bits per heavy atom. The lowest BCUT2D eigenvalue weighted by atomic mass is 9.81. The maximum Gasteiger partial charge on any atom is 0.246 e. The van der Waals surface area contributed by atoms with Crippen LogP contribution in [0.15, 0.2) is 102 Å². The number of aliphatic hydroxyl groups is 1. The lowest BCUT2D eigenvalue weighted by Gasteiger charge is -2.46. The number of ether oxygens (including phenoxy) is 1. The van der Waals surface area contributed by atoms with Gasteiger partial charge in [0, 0.05) is 6.42 Å². The third-order valence-corrected chi connectivity index (χ3v) is 8.44. The van der Waals surface area contributed by atoms with Crippen molar-refractivity contribution in [2.75, 3.05) is 6.61 Å². The smallest absolute Gasteiger partial charge is 0.246 e. The molecule has 0 spiro atoms. The average Bonchev–Trinajstić information content (AvgIpc) is 3.20. The highest BCUT2D eigenvalue weighted by Crippen LogP contribution is 2.51. The van der Waals surface area contributed by atoms with Gasteiger partial charge in [-0.2, -0.15) is 4.31 Å². The van der Waals surface area contributed by atoms with E-state index in [1.165, 1.54) is 4.31 Å². The lowest BCUT2D eigenvalue weighted by molar-refractivity contribution is -0.193. The first-order chi connectivity index (χ1) is 15.7. The highest BCUT2D eigenvalue weighted by atomic mass is 32.2. The first kappa shape index (κ1) is 23.4. The van der Waals surface area contributed by atoms with E-state index in [9.17, 15) is 13.5 Å². The van der Waals surface area contributed by atoms with Crippen LogP contribution in [-0.4, -0.2) is 30.2 Å². The van der Waals surface area contributed by atoms with E-state index < -0.39 is 27.4 Å². The van der Waals surface area contributed by atoms with Crippen LogP contribution in [0, 0.1) is 6.92 Å². The molecule has 0 aliphatic carbocycles. The monoisotopic (exact) mass is 463 g/mol. The fourth-order valence-corrected chi connectivity index (χ4v) is 6.48. The van der Waals surface area contributed by atoms with Crippen LogP contribution in [0.1, 0.15) is 36.1 Å². The fourth-order valence-electron chi connectivity index (χ4n) is 4.60. The number of sulfonamides is 1. The van der Waals surface area contributed by atoms with Gasteiger partial charge in [0.05, 0.1) is 17.5 Å². The SMILES string of the molecule is C=CC[C@](O)(c1ccccc1)[C@]1(C)OC[C@@H](c2ccccc2)N1S(=O)(=O)c1ccc(C)cc1. The van der Waals surface area contributed by atoms with Gasteiger partial charge in [-0.1, -0.05) is 84.4 Å². The molecule has 0 bridgehead atoms. The van der Waals surface area contributed by atoms with Crippen LogP contribution in [0.3, 0.4) is 0 Å². The van der Waals surface area contributed by atoms with Crippen LogP contribution in [0.4, 0.5) is 0 Å². The third-order valence-electron chi connectivity index (χ3n) is 6.45. The Bertz CT molecular complexity index is 1210. The standard InChI is InChI=1S/C27H29NO4S/c1-4-19-27(29,23-13-9-6-10-14-23)26(3)28(25(20-32-26)22-11-7-5-8-12-22)33(30,31)24-17-15-21(2)16-18-24/h4-18,25,29H,1,19-20H2,2-3H3/t25-,26-,27-/m0/s1. The molecule has 172 valence electrons. The molecule has 0 amide bonds. The molecule has 3 aromatic carbocycles. The van der Waals surface area contributed by atoms with Gasteiger partial charge < -0.3 is 9.84 Å². The van der Waals surface area contributed by atoms with E-state index in [0.717, 1.165) is 11.1 Å². The van der Waals surface area contributed by atoms with E-state index in [2.05, 4.69) is 6.58 Å². The molecule has 1 saturated heterocycles. The van der Waals surface area contributed by atoms with Crippen molar-refractivity contribution in [2.45, 2.75) is 42.5 Å². The Labute approximate surface area is 196 Å². The largest absolute Gasteiger partial charge is 0.380 e. The minimum absolute atomic E-state index is 0.106. The van der Waals surface area contributed by atoms with Gasteiger partial charge in [0.25, 0.3) is 0 Å². The zero-order chi connectivity index (χ0) is 23.7. The maximum atomic E-state index is 14.1. The maximum absolute atomic E-state index is 14.1. The molecule has 3 atom stereocenters. The zero-order valence-electron chi connectivity index (χ0n) is 18.9. The predicted octanol–water partition coefficient (Wildman–Crippen LogP) is 4.94. The summed E-state index contributed by atoms with van der Waals surface area (Å²) in [5.74, 6) is 0. The molecular formula is C27H29NO4S. The van der Waals surface area contributed by atoms with E-state index in [1.54, 1.807) is 49.4 Å². The van der Waals surface area contributed by atoms with Gasteiger partial charge in [0.1, 0.15) is 5.60 Å². The summed E-state index contributed by atoms with van der Waals surface area (Å²) in [5.41, 5.74) is -0.943. The molecule has 1 fully saturated rings. The van der Waals surface area contributed by atoms with Gasteiger partial charge >= 0.3 is 0 Å².